The van der Waals surface area contributed by atoms with Crippen molar-refractivity contribution in [1.82, 2.24) is 9.55 Å². The zero-order valence-corrected chi connectivity index (χ0v) is 11.7. The molecule has 1 aromatic carbocycles. The zero-order chi connectivity index (χ0) is 14.5. The summed E-state index contributed by atoms with van der Waals surface area (Å²) in [6.07, 6.45) is 6.50. The molecule has 0 bridgehead atoms. The summed E-state index contributed by atoms with van der Waals surface area (Å²) in [5.74, 6) is 0. The van der Waals surface area contributed by atoms with Gasteiger partial charge in [-0.05, 0) is 25.0 Å². The lowest BCUT2D eigenvalue weighted by Gasteiger charge is -2.21. The van der Waals surface area contributed by atoms with Crippen LogP contribution in [0.3, 0.4) is 0 Å². The third-order valence-corrected chi connectivity index (χ3v) is 3.27. The number of nitrogens with zero attached hydrogens (tertiary/aromatic N) is 4. The van der Waals surface area contributed by atoms with Crippen molar-refractivity contribution < 1.29 is 4.92 Å². The highest BCUT2D eigenvalue weighted by Gasteiger charge is 2.10. The summed E-state index contributed by atoms with van der Waals surface area (Å²) in [5, 5.41) is 10.7. The SMILES string of the molecule is Cc1cc([N+](=O)[O-])ccc1N(C)CCCn1ccnc1. The molecular formula is C14H18N4O2. The minimum Gasteiger partial charge on any atom is -0.374 e. The maximum Gasteiger partial charge on any atom is 0.269 e. The first-order chi connectivity index (χ1) is 9.58. The molecule has 0 aliphatic carbocycles. The number of benzene rings is 1. The first-order valence-corrected chi connectivity index (χ1v) is 6.50. The van der Waals surface area contributed by atoms with E-state index in [-0.39, 0.29) is 10.6 Å². The first-order valence-electron chi connectivity index (χ1n) is 6.50. The molecule has 0 spiro atoms. The lowest BCUT2D eigenvalue weighted by molar-refractivity contribution is -0.384. The standard InChI is InChI=1S/C14H18N4O2/c1-12-10-13(18(19)20)4-5-14(12)16(2)7-3-8-17-9-6-15-11-17/h4-6,9-11H,3,7-8H2,1-2H3. The second-order valence-corrected chi connectivity index (χ2v) is 4.80. The van der Waals surface area contributed by atoms with Crippen molar-refractivity contribution >= 4 is 11.4 Å². The average molecular weight is 274 g/mol. The molecule has 0 N–H and O–H groups in total. The van der Waals surface area contributed by atoms with Crippen LogP contribution in [0, 0.1) is 17.0 Å². The van der Waals surface area contributed by atoms with Crippen LogP contribution in [0.15, 0.2) is 36.9 Å². The summed E-state index contributed by atoms with van der Waals surface area (Å²) in [6.45, 7) is 3.70. The number of rotatable bonds is 6. The summed E-state index contributed by atoms with van der Waals surface area (Å²) in [6, 6.07) is 4.97. The van der Waals surface area contributed by atoms with E-state index in [4.69, 9.17) is 0 Å². The molecule has 1 heterocycles. The van der Waals surface area contributed by atoms with Crippen LogP contribution in [-0.4, -0.2) is 28.1 Å². The maximum atomic E-state index is 10.7. The quantitative estimate of drug-likeness (QED) is 0.600. The Labute approximate surface area is 117 Å². The zero-order valence-electron chi connectivity index (χ0n) is 11.7. The van der Waals surface area contributed by atoms with Crippen molar-refractivity contribution in [2.45, 2.75) is 19.9 Å². The topological polar surface area (TPSA) is 64.2 Å². The highest BCUT2D eigenvalue weighted by Crippen LogP contribution is 2.23. The Balaban J connectivity index is 1.95. The van der Waals surface area contributed by atoms with Gasteiger partial charge in [-0.1, -0.05) is 0 Å². The Bertz CT molecular complexity index is 581. The molecule has 0 saturated heterocycles. The molecule has 0 saturated carbocycles. The minimum atomic E-state index is -0.365. The highest BCUT2D eigenvalue weighted by atomic mass is 16.6. The summed E-state index contributed by atoms with van der Waals surface area (Å²) >= 11 is 0. The van der Waals surface area contributed by atoms with Gasteiger partial charge >= 0.3 is 0 Å². The number of hydrogen-bond acceptors (Lipinski definition) is 4. The first kappa shape index (κ1) is 14.0. The second-order valence-electron chi connectivity index (χ2n) is 4.80. The minimum absolute atomic E-state index is 0.137. The fraction of sp³-hybridized carbons (Fsp3) is 0.357. The number of hydrogen-bond donors (Lipinski definition) is 0. The number of nitro benzene ring substituents is 1. The third-order valence-electron chi connectivity index (χ3n) is 3.27. The van der Waals surface area contributed by atoms with Crippen molar-refractivity contribution in [2.24, 2.45) is 0 Å². The van der Waals surface area contributed by atoms with Crippen molar-refractivity contribution in [3.63, 3.8) is 0 Å². The molecule has 20 heavy (non-hydrogen) atoms. The van der Waals surface area contributed by atoms with Gasteiger partial charge < -0.3 is 9.47 Å². The third kappa shape index (κ3) is 3.34. The molecule has 106 valence electrons. The van der Waals surface area contributed by atoms with Crippen molar-refractivity contribution in [1.29, 1.82) is 0 Å². The van der Waals surface area contributed by atoms with E-state index in [1.54, 1.807) is 24.7 Å². The summed E-state index contributed by atoms with van der Waals surface area (Å²) < 4.78 is 2.04. The lowest BCUT2D eigenvalue weighted by Crippen LogP contribution is -2.20. The second kappa shape index (κ2) is 6.18. The monoisotopic (exact) mass is 274 g/mol. The molecule has 0 radical (unpaired) electrons. The summed E-state index contributed by atoms with van der Waals surface area (Å²) in [4.78, 5) is 16.5. The Morgan fingerprint density at radius 1 is 1.45 bits per heavy atom. The van der Waals surface area contributed by atoms with E-state index in [1.165, 1.54) is 0 Å². The van der Waals surface area contributed by atoms with Gasteiger partial charge in [-0.2, -0.15) is 0 Å². The van der Waals surface area contributed by atoms with Crippen LogP contribution < -0.4 is 4.90 Å². The fourth-order valence-electron chi connectivity index (χ4n) is 2.21. The number of non-ortho nitro benzene ring substituents is 1. The number of aryl methyl sites for hydroxylation is 2. The molecule has 1 aromatic heterocycles. The smallest absolute Gasteiger partial charge is 0.269 e. The van der Waals surface area contributed by atoms with Gasteiger partial charge in [0, 0.05) is 50.4 Å². The molecule has 0 aliphatic rings. The predicted molar refractivity (Wildman–Crippen MR) is 77.9 cm³/mol. The molecule has 2 aromatic rings. The van der Waals surface area contributed by atoms with Crippen molar-refractivity contribution in [3.05, 3.63) is 52.6 Å². The fourth-order valence-corrected chi connectivity index (χ4v) is 2.21. The van der Waals surface area contributed by atoms with E-state index < -0.39 is 0 Å². The summed E-state index contributed by atoms with van der Waals surface area (Å²) in [7, 11) is 2.00. The van der Waals surface area contributed by atoms with E-state index in [0.29, 0.717) is 0 Å². The van der Waals surface area contributed by atoms with Gasteiger partial charge in [0.1, 0.15) is 0 Å². The van der Waals surface area contributed by atoms with Crippen LogP contribution in [0.4, 0.5) is 11.4 Å². The van der Waals surface area contributed by atoms with Crippen molar-refractivity contribution in [2.75, 3.05) is 18.5 Å². The van der Waals surface area contributed by atoms with E-state index in [9.17, 15) is 10.1 Å². The van der Waals surface area contributed by atoms with Crippen LogP contribution in [-0.2, 0) is 6.54 Å². The number of aromatic nitrogens is 2. The van der Waals surface area contributed by atoms with E-state index >= 15 is 0 Å². The highest BCUT2D eigenvalue weighted by molar-refractivity contribution is 5.56. The largest absolute Gasteiger partial charge is 0.374 e. The average Bonchev–Trinajstić information content (AvgIpc) is 2.91. The molecular weight excluding hydrogens is 256 g/mol. The number of imidazole rings is 1. The van der Waals surface area contributed by atoms with E-state index in [1.807, 2.05) is 30.8 Å². The van der Waals surface area contributed by atoms with E-state index in [0.717, 1.165) is 30.8 Å². The molecule has 2 rings (SSSR count). The Morgan fingerprint density at radius 3 is 2.85 bits per heavy atom. The van der Waals surface area contributed by atoms with Crippen LogP contribution in [0.5, 0.6) is 0 Å². The van der Waals surface area contributed by atoms with Crippen LogP contribution in [0.25, 0.3) is 0 Å². The Morgan fingerprint density at radius 2 is 2.25 bits per heavy atom. The van der Waals surface area contributed by atoms with Gasteiger partial charge in [-0.3, -0.25) is 10.1 Å². The molecule has 0 unspecified atom stereocenters. The molecule has 0 aliphatic heterocycles. The Kier molecular flexibility index (Phi) is 4.34. The molecule has 0 fully saturated rings. The van der Waals surface area contributed by atoms with Crippen LogP contribution in [0.2, 0.25) is 0 Å². The maximum absolute atomic E-state index is 10.7. The molecule has 6 nitrogen and oxygen atoms in total. The lowest BCUT2D eigenvalue weighted by atomic mass is 10.1. The summed E-state index contributed by atoms with van der Waals surface area (Å²) in [5.41, 5.74) is 2.09. The van der Waals surface area contributed by atoms with Crippen LogP contribution >= 0.6 is 0 Å². The molecule has 6 heteroatoms. The van der Waals surface area contributed by atoms with Gasteiger partial charge in [-0.15, -0.1) is 0 Å². The van der Waals surface area contributed by atoms with Crippen LogP contribution in [0.1, 0.15) is 12.0 Å². The molecule has 0 atom stereocenters. The van der Waals surface area contributed by atoms with Gasteiger partial charge in [0.2, 0.25) is 0 Å². The Hall–Kier alpha value is -2.37. The van der Waals surface area contributed by atoms with Gasteiger partial charge in [0.25, 0.3) is 5.69 Å². The van der Waals surface area contributed by atoms with Gasteiger partial charge in [0.15, 0.2) is 0 Å². The number of anilines is 1. The van der Waals surface area contributed by atoms with Gasteiger partial charge in [0.05, 0.1) is 11.3 Å². The number of nitro groups is 1. The van der Waals surface area contributed by atoms with Crippen molar-refractivity contribution in [3.8, 4) is 0 Å². The van der Waals surface area contributed by atoms with E-state index in [2.05, 4.69) is 9.88 Å². The van der Waals surface area contributed by atoms with Gasteiger partial charge in [-0.25, -0.2) is 4.98 Å². The molecule has 0 amide bonds. The normalized spacial score (nSPS) is 10.5. The predicted octanol–water partition coefficient (Wildman–Crippen LogP) is 2.63.